The third-order valence-electron chi connectivity index (χ3n) is 4.84. The molecule has 0 fully saturated rings. The zero-order valence-corrected chi connectivity index (χ0v) is 18.3. The number of rotatable bonds is 9. The minimum absolute atomic E-state index is 0.185. The summed E-state index contributed by atoms with van der Waals surface area (Å²) in [4.78, 5) is 0. The first-order valence-electron chi connectivity index (χ1n) is 10.0. The van der Waals surface area contributed by atoms with Crippen LogP contribution in [0.1, 0.15) is 37.8 Å². The van der Waals surface area contributed by atoms with E-state index in [0.717, 1.165) is 35.4 Å². The molecule has 0 saturated carbocycles. The fourth-order valence-electron chi connectivity index (χ4n) is 3.22. The lowest BCUT2D eigenvalue weighted by molar-refractivity contribution is 0.573. The van der Waals surface area contributed by atoms with Gasteiger partial charge in [0.15, 0.2) is 0 Å². The molecule has 0 saturated heterocycles. The van der Waals surface area contributed by atoms with Gasteiger partial charge in [-0.2, -0.15) is 0 Å². The molecule has 2 nitrogen and oxygen atoms in total. The summed E-state index contributed by atoms with van der Waals surface area (Å²) in [5, 5.41) is 5.79. The van der Waals surface area contributed by atoms with Crippen molar-refractivity contribution in [1.29, 1.82) is 0 Å². The van der Waals surface area contributed by atoms with E-state index >= 15 is 0 Å². The van der Waals surface area contributed by atoms with Crippen molar-refractivity contribution in [2.24, 2.45) is 0 Å². The summed E-state index contributed by atoms with van der Waals surface area (Å²) in [5.41, 5.74) is 1.04. The predicted octanol–water partition coefficient (Wildman–Crippen LogP) is 6.65. The Morgan fingerprint density at radius 1 is 0.897 bits per heavy atom. The largest absolute Gasteiger partial charge is 0.296 e. The monoisotopic (exact) mass is 423 g/mol. The number of halogens is 1. The predicted molar refractivity (Wildman–Crippen MR) is 126 cm³/mol. The fraction of sp³-hybridized carbons (Fsp3) is 0.200. The molecule has 3 rings (SSSR count). The Bertz CT molecular complexity index is 912. The molecule has 1 atom stereocenters. The van der Waals surface area contributed by atoms with Crippen LogP contribution in [0.5, 0.6) is 0 Å². The van der Waals surface area contributed by atoms with Crippen LogP contribution in [-0.4, -0.2) is 0 Å². The first-order valence-corrected chi connectivity index (χ1v) is 12.1. The molecular formula is C25H27ClNOP. The second kappa shape index (κ2) is 10.6. The molecule has 29 heavy (non-hydrogen) atoms. The molecular weight excluding hydrogens is 397 g/mol. The van der Waals surface area contributed by atoms with Crippen molar-refractivity contribution in [3.63, 3.8) is 0 Å². The van der Waals surface area contributed by atoms with Crippen LogP contribution in [0.2, 0.25) is 5.02 Å². The Morgan fingerprint density at radius 2 is 1.45 bits per heavy atom. The molecule has 4 heteroatoms. The van der Waals surface area contributed by atoms with Gasteiger partial charge in [-0.05, 0) is 48.4 Å². The molecule has 0 heterocycles. The van der Waals surface area contributed by atoms with E-state index in [9.17, 15) is 4.57 Å². The molecule has 3 aromatic rings. The minimum Gasteiger partial charge on any atom is -0.296 e. The average molecular weight is 424 g/mol. The molecule has 0 radical (unpaired) electrons. The molecule has 0 bridgehead atoms. The summed E-state index contributed by atoms with van der Waals surface area (Å²) in [6.07, 6.45) is 7.59. The first-order chi connectivity index (χ1) is 14.1. The summed E-state index contributed by atoms with van der Waals surface area (Å²) >= 11 is 6.09. The van der Waals surface area contributed by atoms with Gasteiger partial charge in [-0.3, -0.25) is 4.57 Å². The SMILES string of the molecule is CCCC/C=C/C(NP(=O)(c1ccccc1)c1ccccc1)c1ccc(Cl)cc1. The molecule has 0 amide bonds. The molecule has 1 N–H and O–H groups in total. The topological polar surface area (TPSA) is 29.1 Å². The van der Waals surface area contributed by atoms with Crippen LogP contribution < -0.4 is 15.7 Å². The van der Waals surface area contributed by atoms with Crippen LogP contribution in [0.4, 0.5) is 0 Å². The Labute approximate surface area is 179 Å². The van der Waals surface area contributed by atoms with Gasteiger partial charge in [0, 0.05) is 15.6 Å². The van der Waals surface area contributed by atoms with Gasteiger partial charge >= 0.3 is 0 Å². The molecule has 0 aromatic heterocycles. The highest BCUT2D eigenvalue weighted by Gasteiger charge is 2.29. The van der Waals surface area contributed by atoms with Gasteiger partial charge in [0.05, 0.1) is 6.04 Å². The molecule has 0 aliphatic heterocycles. The number of nitrogens with one attached hydrogen (secondary N) is 1. The number of benzene rings is 3. The van der Waals surface area contributed by atoms with Gasteiger partial charge < -0.3 is 0 Å². The van der Waals surface area contributed by atoms with Crippen LogP contribution >= 0.6 is 18.9 Å². The van der Waals surface area contributed by atoms with Gasteiger partial charge in [-0.25, -0.2) is 5.09 Å². The smallest absolute Gasteiger partial charge is 0.205 e. The van der Waals surface area contributed by atoms with E-state index in [0.29, 0.717) is 5.02 Å². The van der Waals surface area contributed by atoms with Crippen molar-refractivity contribution < 1.29 is 4.57 Å². The second-order valence-corrected chi connectivity index (χ2v) is 9.96. The van der Waals surface area contributed by atoms with Gasteiger partial charge in [0.2, 0.25) is 7.29 Å². The van der Waals surface area contributed by atoms with E-state index < -0.39 is 7.29 Å². The fourth-order valence-corrected chi connectivity index (χ4v) is 5.76. The highest BCUT2D eigenvalue weighted by molar-refractivity contribution is 7.76. The summed E-state index contributed by atoms with van der Waals surface area (Å²) in [5.74, 6) is 0. The van der Waals surface area contributed by atoms with Crippen molar-refractivity contribution in [3.8, 4) is 0 Å². The van der Waals surface area contributed by atoms with Crippen LogP contribution in [0.25, 0.3) is 0 Å². The van der Waals surface area contributed by atoms with Gasteiger partial charge in [-0.1, -0.05) is 92.0 Å². The summed E-state index contributed by atoms with van der Waals surface area (Å²) in [6.45, 7) is 2.18. The minimum atomic E-state index is -3.05. The van der Waals surface area contributed by atoms with Crippen molar-refractivity contribution in [1.82, 2.24) is 5.09 Å². The first kappa shape index (κ1) is 21.6. The zero-order chi connectivity index (χ0) is 20.5. The van der Waals surface area contributed by atoms with E-state index in [1.165, 1.54) is 0 Å². The lowest BCUT2D eigenvalue weighted by Gasteiger charge is -2.26. The normalized spacial score (nSPS) is 12.9. The van der Waals surface area contributed by atoms with E-state index in [-0.39, 0.29) is 6.04 Å². The molecule has 1 unspecified atom stereocenters. The summed E-state index contributed by atoms with van der Waals surface area (Å²) in [6, 6.07) is 26.9. The number of allylic oxidation sites excluding steroid dienone is 1. The average Bonchev–Trinajstić information content (AvgIpc) is 2.77. The van der Waals surface area contributed by atoms with E-state index in [1.54, 1.807) is 0 Å². The summed E-state index contributed by atoms with van der Waals surface area (Å²) in [7, 11) is -3.05. The second-order valence-electron chi connectivity index (χ2n) is 7.01. The van der Waals surface area contributed by atoms with E-state index in [4.69, 9.17) is 11.6 Å². The Morgan fingerprint density at radius 3 is 1.97 bits per heavy atom. The van der Waals surface area contributed by atoms with Crippen molar-refractivity contribution in [2.75, 3.05) is 0 Å². The van der Waals surface area contributed by atoms with E-state index in [1.807, 2.05) is 84.9 Å². The molecule has 150 valence electrons. The number of hydrogen-bond donors (Lipinski definition) is 1. The molecule has 0 aliphatic rings. The van der Waals surface area contributed by atoms with Crippen molar-refractivity contribution in [2.45, 2.75) is 32.2 Å². The van der Waals surface area contributed by atoms with Crippen LogP contribution in [0.3, 0.4) is 0 Å². The maximum Gasteiger partial charge on any atom is 0.205 e. The van der Waals surface area contributed by atoms with Crippen LogP contribution in [0, 0.1) is 0 Å². The lowest BCUT2D eigenvalue weighted by Crippen LogP contribution is -2.30. The number of unbranched alkanes of at least 4 members (excludes halogenated alkanes) is 2. The van der Waals surface area contributed by atoms with Crippen LogP contribution in [-0.2, 0) is 4.57 Å². The van der Waals surface area contributed by atoms with Crippen LogP contribution in [0.15, 0.2) is 97.1 Å². The van der Waals surface area contributed by atoms with E-state index in [2.05, 4.69) is 24.2 Å². The van der Waals surface area contributed by atoms with Gasteiger partial charge in [0.1, 0.15) is 0 Å². The molecule has 3 aromatic carbocycles. The molecule has 0 spiro atoms. The number of hydrogen-bond acceptors (Lipinski definition) is 1. The highest BCUT2D eigenvalue weighted by Crippen LogP contribution is 2.42. The van der Waals surface area contributed by atoms with Gasteiger partial charge in [-0.15, -0.1) is 0 Å². The standard InChI is InChI=1S/C25H27ClNOP/c1-2-3-4-11-16-25(21-17-19-22(26)20-18-21)27-29(28,23-12-7-5-8-13-23)24-14-9-6-10-15-24/h5-20,25H,2-4H2,1H3,(H,27,28)/b16-11+. The third kappa shape index (κ3) is 5.70. The Hall–Kier alpha value is -2.12. The zero-order valence-electron chi connectivity index (χ0n) is 16.7. The lowest BCUT2D eigenvalue weighted by atomic mass is 10.1. The molecule has 0 aliphatic carbocycles. The third-order valence-corrected chi connectivity index (χ3v) is 7.79. The Kier molecular flexibility index (Phi) is 7.89. The Balaban J connectivity index is 2.02. The summed E-state index contributed by atoms with van der Waals surface area (Å²) < 4.78 is 14.4. The maximum absolute atomic E-state index is 14.4. The van der Waals surface area contributed by atoms with Crippen molar-refractivity contribution >= 4 is 29.5 Å². The van der Waals surface area contributed by atoms with Crippen molar-refractivity contribution in [3.05, 3.63) is 108 Å². The quantitative estimate of drug-likeness (QED) is 0.237. The maximum atomic E-state index is 14.4. The van der Waals surface area contributed by atoms with Gasteiger partial charge in [0.25, 0.3) is 0 Å². The highest BCUT2D eigenvalue weighted by atomic mass is 35.5.